The lowest BCUT2D eigenvalue weighted by atomic mass is 9.83. The SMILES string of the molecule is CC[C@H]1OC(OC(=O)c2ccccc2)[C@@](C)(COCc2ccccc2)C1OC(=O)c1ccccc1. The van der Waals surface area contributed by atoms with E-state index < -0.39 is 35.9 Å². The van der Waals surface area contributed by atoms with Crippen LogP contribution in [0.2, 0.25) is 0 Å². The second-order valence-corrected chi connectivity index (χ2v) is 8.86. The van der Waals surface area contributed by atoms with Crippen LogP contribution in [-0.4, -0.2) is 37.0 Å². The lowest BCUT2D eigenvalue weighted by molar-refractivity contribution is -0.155. The number of esters is 2. The van der Waals surface area contributed by atoms with Gasteiger partial charge in [0, 0.05) is 0 Å². The lowest BCUT2D eigenvalue weighted by Crippen LogP contribution is -2.46. The van der Waals surface area contributed by atoms with E-state index in [0.717, 1.165) is 5.56 Å². The molecule has 0 N–H and O–H groups in total. The van der Waals surface area contributed by atoms with Crippen LogP contribution in [0.3, 0.4) is 0 Å². The first kappa shape index (κ1) is 24.6. The molecule has 0 aliphatic carbocycles. The number of benzene rings is 3. The summed E-state index contributed by atoms with van der Waals surface area (Å²) in [6.07, 6.45) is -1.52. The van der Waals surface area contributed by atoms with Gasteiger partial charge in [0.15, 0.2) is 0 Å². The van der Waals surface area contributed by atoms with Crippen molar-refractivity contribution in [2.24, 2.45) is 5.41 Å². The maximum absolute atomic E-state index is 13.0. The van der Waals surface area contributed by atoms with Crippen molar-refractivity contribution in [1.82, 2.24) is 0 Å². The van der Waals surface area contributed by atoms with Gasteiger partial charge in [-0.15, -0.1) is 0 Å². The van der Waals surface area contributed by atoms with E-state index in [1.165, 1.54) is 0 Å². The normalized spacial score (nSPS) is 23.5. The van der Waals surface area contributed by atoms with Gasteiger partial charge in [-0.1, -0.05) is 73.7 Å². The molecule has 0 radical (unpaired) electrons. The first-order valence-electron chi connectivity index (χ1n) is 11.8. The smallest absolute Gasteiger partial charge is 0.340 e. The number of ether oxygens (including phenoxy) is 4. The highest BCUT2D eigenvalue weighted by atomic mass is 16.7. The van der Waals surface area contributed by atoms with E-state index in [1.807, 2.05) is 56.3 Å². The topological polar surface area (TPSA) is 71.1 Å². The summed E-state index contributed by atoms with van der Waals surface area (Å²) in [4.78, 5) is 25.8. The minimum absolute atomic E-state index is 0.165. The third-order valence-electron chi connectivity index (χ3n) is 6.22. The van der Waals surface area contributed by atoms with Crippen molar-refractivity contribution in [2.45, 2.75) is 45.4 Å². The molecule has 1 aliphatic heterocycles. The molecule has 1 aliphatic rings. The Morgan fingerprint density at radius 3 is 1.86 bits per heavy atom. The zero-order valence-electron chi connectivity index (χ0n) is 20.0. The molecule has 1 fully saturated rings. The van der Waals surface area contributed by atoms with Gasteiger partial charge in [-0.05, 0) is 43.2 Å². The van der Waals surface area contributed by atoms with Gasteiger partial charge in [0.1, 0.15) is 6.10 Å². The molecule has 35 heavy (non-hydrogen) atoms. The minimum Gasteiger partial charge on any atom is -0.455 e. The molecule has 3 aromatic rings. The molecule has 1 heterocycles. The summed E-state index contributed by atoms with van der Waals surface area (Å²) in [5, 5.41) is 0. The van der Waals surface area contributed by atoms with E-state index in [9.17, 15) is 9.59 Å². The highest BCUT2D eigenvalue weighted by molar-refractivity contribution is 5.90. The summed E-state index contributed by atoms with van der Waals surface area (Å²) >= 11 is 0. The zero-order chi connectivity index (χ0) is 24.7. The van der Waals surface area contributed by atoms with E-state index in [-0.39, 0.29) is 6.61 Å². The fourth-order valence-electron chi connectivity index (χ4n) is 4.24. The van der Waals surface area contributed by atoms with Gasteiger partial charge in [0.25, 0.3) is 0 Å². The number of hydrogen-bond donors (Lipinski definition) is 0. The molecule has 4 rings (SSSR count). The van der Waals surface area contributed by atoms with Gasteiger partial charge in [-0.3, -0.25) is 0 Å². The molecule has 0 spiro atoms. The Hall–Kier alpha value is -3.48. The average Bonchev–Trinajstić information content (AvgIpc) is 3.16. The maximum Gasteiger partial charge on any atom is 0.340 e. The number of carbonyl (C=O) groups excluding carboxylic acids is 2. The standard InChI is InChI=1S/C29H30O6/c1-3-24-25(34-26(30)22-15-9-5-10-16-22)29(2,20-32-19-21-13-7-4-8-14-21)28(33-24)35-27(31)23-17-11-6-12-18-23/h4-18,24-25,28H,3,19-20H2,1-2H3/t24-,25?,28?,29+/m1/s1. The van der Waals surface area contributed by atoms with Gasteiger partial charge >= 0.3 is 11.9 Å². The summed E-state index contributed by atoms with van der Waals surface area (Å²) < 4.78 is 24.1. The van der Waals surface area contributed by atoms with Gasteiger partial charge in [0.05, 0.1) is 35.9 Å². The molecular formula is C29H30O6. The van der Waals surface area contributed by atoms with E-state index >= 15 is 0 Å². The van der Waals surface area contributed by atoms with Crippen LogP contribution in [0.5, 0.6) is 0 Å². The predicted octanol–water partition coefficient (Wildman–Crippen LogP) is 5.43. The molecule has 6 heteroatoms. The fourth-order valence-corrected chi connectivity index (χ4v) is 4.24. The van der Waals surface area contributed by atoms with E-state index in [0.29, 0.717) is 24.2 Å². The molecule has 0 amide bonds. The Labute approximate surface area is 205 Å². The van der Waals surface area contributed by atoms with Crippen molar-refractivity contribution in [2.75, 3.05) is 6.61 Å². The molecule has 0 saturated carbocycles. The highest BCUT2D eigenvalue weighted by Gasteiger charge is 2.57. The van der Waals surface area contributed by atoms with Crippen molar-refractivity contribution in [3.63, 3.8) is 0 Å². The van der Waals surface area contributed by atoms with Crippen LogP contribution in [0, 0.1) is 5.41 Å². The number of hydrogen-bond acceptors (Lipinski definition) is 6. The molecule has 0 aromatic heterocycles. The number of rotatable bonds is 9. The molecule has 4 atom stereocenters. The van der Waals surface area contributed by atoms with Crippen molar-refractivity contribution >= 4 is 11.9 Å². The average molecular weight is 475 g/mol. The Kier molecular flexibility index (Phi) is 7.95. The number of carbonyl (C=O) groups is 2. The summed E-state index contributed by atoms with van der Waals surface area (Å²) in [6, 6.07) is 27.3. The van der Waals surface area contributed by atoms with Crippen molar-refractivity contribution in [3.05, 3.63) is 108 Å². The quantitative estimate of drug-likeness (QED) is 0.385. The molecule has 182 valence electrons. The maximum atomic E-state index is 13.0. The largest absolute Gasteiger partial charge is 0.455 e. The lowest BCUT2D eigenvalue weighted by Gasteiger charge is -2.33. The first-order chi connectivity index (χ1) is 17.0. The van der Waals surface area contributed by atoms with Crippen LogP contribution in [0.1, 0.15) is 46.5 Å². The van der Waals surface area contributed by atoms with Gasteiger partial charge in [-0.25, -0.2) is 9.59 Å². The van der Waals surface area contributed by atoms with Crippen LogP contribution in [0.25, 0.3) is 0 Å². The predicted molar refractivity (Wildman–Crippen MR) is 131 cm³/mol. The van der Waals surface area contributed by atoms with Gasteiger partial charge < -0.3 is 18.9 Å². The molecular weight excluding hydrogens is 444 g/mol. The van der Waals surface area contributed by atoms with Crippen molar-refractivity contribution < 1.29 is 28.5 Å². The van der Waals surface area contributed by atoms with Crippen molar-refractivity contribution in [3.8, 4) is 0 Å². The van der Waals surface area contributed by atoms with Crippen LogP contribution < -0.4 is 0 Å². The third-order valence-corrected chi connectivity index (χ3v) is 6.22. The minimum atomic E-state index is -0.954. The van der Waals surface area contributed by atoms with Crippen LogP contribution in [-0.2, 0) is 25.6 Å². The summed E-state index contributed by atoms with van der Waals surface area (Å²) in [5.74, 6) is -0.961. The van der Waals surface area contributed by atoms with E-state index in [1.54, 1.807) is 48.5 Å². The van der Waals surface area contributed by atoms with Crippen LogP contribution >= 0.6 is 0 Å². The Balaban J connectivity index is 1.57. The van der Waals surface area contributed by atoms with Crippen LogP contribution in [0.4, 0.5) is 0 Å². The fraction of sp³-hybridized carbons (Fsp3) is 0.310. The van der Waals surface area contributed by atoms with Gasteiger partial charge in [-0.2, -0.15) is 0 Å². The van der Waals surface area contributed by atoms with Crippen LogP contribution in [0.15, 0.2) is 91.0 Å². The first-order valence-corrected chi connectivity index (χ1v) is 11.8. The summed E-state index contributed by atoms with van der Waals surface area (Å²) in [5.41, 5.74) is 0.948. The van der Waals surface area contributed by atoms with Crippen molar-refractivity contribution in [1.29, 1.82) is 0 Å². The summed E-state index contributed by atoms with van der Waals surface area (Å²) in [7, 11) is 0. The highest BCUT2D eigenvalue weighted by Crippen LogP contribution is 2.43. The molecule has 6 nitrogen and oxygen atoms in total. The van der Waals surface area contributed by atoms with E-state index in [4.69, 9.17) is 18.9 Å². The monoisotopic (exact) mass is 474 g/mol. The third kappa shape index (κ3) is 5.78. The molecule has 2 unspecified atom stereocenters. The van der Waals surface area contributed by atoms with E-state index in [2.05, 4.69) is 0 Å². The Morgan fingerprint density at radius 1 is 0.800 bits per heavy atom. The second-order valence-electron chi connectivity index (χ2n) is 8.86. The van der Waals surface area contributed by atoms with Gasteiger partial charge in [0.2, 0.25) is 6.29 Å². The Morgan fingerprint density at radius 2 is 1.31 bits per heavy atom. The Bertz CT molecular complexity index is 1100. The molecule has 3 aromatic carbocycles. The molecule has 0 bridgehead atoms. The molecule has 1 saturated heterocycles. The second kappa shape index (κ2) is 11.3. The summed E-state index contributed by atoms with van der Waals surface area (Å²) in [6.45, 7) is 4.35. The zero-order valence-corrected chi connectivity index (χ0v) is 20.0.